The van der Waals surface area contributed by atoms with Crippen molar-refractivity contribution in [3.8, 4) is 17.1 Å². The van der Waals surface area contributed by atoms with Crippen LogP contribution in [-0.4, -0.2) is 28.2 Å². The first-order chi connectivity index (χ1) is 13.4. The van der Waals surface area contributed by atoms with Crippen LogP contribution in [0.25, 0.3) is 11.3 Å². The highest BCUT2D eigenvalue weighted by Gasteiger charge is 2.13. The molecule has 6 heteroatoms. The first-order valence-corrected chi connectivity index (χ1v) is 9.09. The summed E-state index contributed by atoms with van der Waals surface area (Å²) in [5.41, 5.74) is 7.32. The van der Waals surface area contributed by atoms with Crippen LogP contribution in [0.1, 0.15) is 38.3 Å². The summed E-state index contributed by atoms with van der Waals surface area (Å²) in [6, 6.07) is 9.36. The van der Waals surface area contributed by atoms with Gasteiger partial charge in [-0.15, -0.1) is 0 Å². The van der Waals surface area contributed by atoms with Gasteiger partial charge in [-0.05, 0) is 62.6 Å². The number of carbonyl (C=O) groups is 1. The minimum atomic E-state index is -0.152. The van der Waals surface area contributed by atoms with Gasteiger partial charge in [-0.2, -0.15) is 10.2 Å². The summed E-state index contributed by atoms with van der Waals surface area (Å²) in [5.74, 6) is 0.391. The van der Waals surface area contributed by atoms with Crippen molar-refractivity contribution in [2.24, 2.45) is 0 Å². The number of nitrogens with zero attached hydrogens (tertiary/aromatic N) is 3. The number of carbonyl (C=O) groups excluding carboxylic acids is 1. The van der Waals surface area contributed by atoms with Crippen LogP contribution in [0, 0.1) is 27.7 Å². The Hall–Kier alpha value is -3.28. The summed E-state index contributed by atoms with van der Waals surface area (Å²) >= 11 is 0. The second-order valence-electron chi connectivity index (χ2n) is 6.83. The predicted octanol–water partition coefficient (Wildman–Crippen LogP) is 3.71. The maximum Gasteiger partial charge on any atom is 0.251 e. The molecule has 0 fully saturated rings. The highest BCUT2D eigenvalue weighted by molar-refractivity contribution is 5.94. The molecule has 28 heavy (non-hydrogen) atoms. The van der Waals surface area contributed by atoms with Crippen molar-refractivity contribution in [1.82, 2.24) is 20.5 Å². The summed E-state index contributed by atoms with van der Waals surface area (Å²) in [6.45, 7) is 8.28. The third-order valence-electron chi connectivity index (χ3n) is 4.83. The lowest BCUT2D eigenvalue weighted by Gasteiger charge is -2.13. The molecule has 6 nitrogen and oxygen atoms in total. The Balaban J connectivity index is 1.75. The van der Waals surface area contributed by atoms with E-state index in [0.717, 1.165) is 39.2 Å². The quantitative estimate of drug-likeness (QED) is 0.734. The molecule has 0 radical (unpaired) electrons. The molecule has 0 atom stereocenters. The molecule has 2 aromatic heterocycles. The fraction of sp³-hybridized carbons (Fsp3) is 0.273. The van der Waals surface area contributed by atoms with Crippen molar-refractivity contribution >= 4 is 5.91 Å². The Labute approximate surface area is 165 Å². The first kappa shape index (κ1) is 19.5. The number of aryl methyl sites for hydroxylation is 3. The fourth-order valence-corrected chi connectivity index (χ4v) is 3.07. The van der Waals surface area contributed by atoms with E-state index in [9.17, 15) is 4.79 Å². The van der Waals surface area contributed by atoms with E-state index in [2.05, 4.69) is 20.5 Å². The molecule has 0 aliphatic carbocycles. The second-order valence-corrected chi connectivity index (χ2v) is 6.83. The van der Waals surface area contributed by atoms with Crippen molar-refractivity contribution in [1.29, 1.82) is 0 Å². The Bertz CT molecular complexity index is 1010. The lowest BCUT2D eigenvalue weighted by atomic mass is 10.0. The Morgan fingerprint density at radius 1 is 1.07 bits per heavy atom. The van der Waals surface area contributed by atoms with E-state index in [-0.39, 0.29) is 5.91 Å². The van der Waals surface area contributed by atoms with Gasteiger partial charge in [0.1, 0.15) is 0 Å². The normalized spacial score (nSPS) is 10.6. The van der Waals surface area contributed by atoms with Gasteiger partial charge in [-0.1, -0.05) is 12.1 Å². The minimum Gasteiger partial charge on any atom is -0.481 e. The molecule has 0 unspecified atom stereocenters. The van der Waals surface area contributed by atoms with Gasteiger partial charge in [0.2, 0.25) is 5.88 Å². The summed E-state index contributed by atoms with van der Waals surface area (Å²) < 4.78 is 5.36. The standard InChI is InChI=1S/C22H24N4O2/c1-13-10-15(3)25-22(28-5)19(13)12-23-21(27)18-8-6-17(7-9-18)20-16(4)14(2)11-24-26-20/h6-11H,12H2,1-5H3,(H,23,27). The molecule has 0 spiro atoms. The average Bonchev–Trinajstić information content (AvgIpc) is 2.68. The zero-order valence-corrected chi connectivity index (χ0v) is 16.8. The van der Waals surface area contributed by atoms with Gasteiger partial charge in [0.15, 0.2) is 0 Å². The molecule has 0 bridgehead atoms. The zero-order valence-electron chi connectivity index (χ0n) is 16.8. The van der Waals surface area contributed by atoms with E-state index in [1.54, 1.807) is 25.4 Å². The van der Waals surface area contributed by atoms with Gasteiger partial charge in [0.05, 0.1) is 19.0 Å². The molecule has 144 valence electrons. The van der Waals surface area contributed by atoms with Gasteiger partial charge in [0.25, 0.3) is 5.91 Å². The highest BCUT2D eigenvalue weighted by Crippen LogP contribution is 2.23. The van der Waals surface area contributed by atoms with Crippen molar-refractivity contribution in [2.75, 3.05) is 7.11 Å². The number of hydrogen-bond donors (Lipinski definition) is 1. The molecule has 0 aliphatic rings. The van der Waals surface area contributed by atoms with Crippen LogP contribution < -0.4 is 10.1 Å². The average molecular weight is 376 g/mol. The van der Waals surface area contributed by atoms with Crippen molar-refractivity contribution in [3.05, 3.63) is 70.0 Å². The molecule has 1 amide bonds. The Morgan fingerprint density at radius 2 is 1.79 bits per heavy atom. The molecular weight excluding hydrogens is 352 g/mol. The van der Waals surface area contributed by atoms with Crippen molar-refractivity contribution in [3.63, 3.8) is 0 Å². The molecule has 1 aromatic carbocycles. The maximum absolute atomic E-state index is 12.6. The van der Waals surface area contributed by atoms with Crippen LogP contribution in [-0.2, 0) is 6.54 Å². The summed E-state index contributed by atoms with van der Waals surface area (Å²) in [4.78, 5) is 16.9. The predicted molar refractivity (Wildman–Crippen MR) is 108 cm³/mol. The van der Waals surface area contributed by atoms with E-state index in [4.69, 9.17) is 4.74 Å². The Morgan fingerprint density at radius 3 is 2.46 bits per heavy atom. The van der Waals surface area contributed by atoms with Crippen LogP contribution in [0.4, 0.5) is 0 Å². The zero-order chi connectivity index (χ0) is 20.3. The number of benzene rings is 1. The topological polar surface area (TPSA) is 77.0 Å². The SMILES string of the molecule is COc1nc(C)cc(C)c1CNC(=O)c1ccc(-c2nncc(C)c2C)cc1. The molecule has 0 saturated heterocycles. The summed E-state index contributed by atoms with van der Waals surface area (Å²) in [7, 11) is 1.58. The van der Waals surface area contributed by atoms with E-state index in [0.29, 0.717) is 18.0 Å². The number of aromatic nitrogens is 3. The van der Waals surface area contributed by atoms with Gasteiger partial charge >= 0.3 is 0 Å². The molecule has 0 aliphatic heterocycles. The van der Waals surface area contributed by atoms with Crippen LogP contribution in [0.2, 0.25) is 0 Å². The van der Waals surface area contributed by atoms with Gasteiger partial charge < -0.3 is 10.1 Å². The van der Waals surface area contributed by atoms with Crippen LogP contribution >= 0.6 is 0 Å². The molecule has 0 saturated carbocycles. The number of pyridine rings is 1. The first-order valence-electron chi connectivity index (χ1n) is 9.09. The smallest absolute Gasteiger partial charge is 0.251 e. The van der Waals surface area contributed by atoms with Gasteiger partial charge in [-0.3, -0.25) is 4.79 Å². The number of amides is 1. The van der Waals surface area contributed by atoms with Crippen LogP contribution in [0.15, 0.2) is 36.5 Å². The molecular formula is C22H24N4O2. The summed E-state index contributed by atoms with van der Waals surface area (Å²) in [6.07, 6.45) is 1.75. The maximum atomic E-state index is 12.6. The number of nitrogens with one attached hydrogen (secondary N) is 1. The molecule has 2 heterocycles. The highest BCUT2D eigenvalue weighted by atomic mass is 16.5. The van der Waals surface area contributed by atoms with Gasteiger partial charge in [0, 0.05) is 28.9 Å². The molecule has 1 N–H and O–H groups in total. The third kappa shape index (κ3) is 4.01. The number of methoxy groups -OCH3 is 1. The lowest BCUT2D eigenvalue weighted by Crippen LogP contribution is -2.23. The number of hydrogen-bond acceptors (Lipinski definition) is 5. The lowest BCUT2D eigenvalue weighted by molar-refractivity contribution is 0.0950. The van der Waals surface area contributed by atoms with E-state index < -0.39 is 0 Å². The van der Waals surface area contributed by atoms with E-state index in [1.807, 2.05) is 45.9 Å². The van der Waals surface area contributed by atoms with Crippen molar-refractivity contribution in [2.45, 2.75) is 34.2 Å². The largest absolute Gasteiger partial charge is 0.481 e. The fourth-order valence-electron chi connectivity index (χ4n) is 3.07. The minimum absolute atomic E-state index is 0.152. The van der Waals surface area contributed by atoms with Crippen molar-refractivity contribution < 1.29 is 9.53 Å². The van der Waals surface area contributed by atoms with E-state index in [1.165, 1.54) is 0 Å². The molecule has 3 rings (SSSR count). The van der Waals surface area contributed by atoms with Gasteiger partial charge in [-0.25, -0.2) is 4.98 Å². The van der Waals surface area contributed by atoms with Crippen LogP contribution in [0.5, 0.6) is 5.88 Å². The Kier molecular flexibility index (Phi) is 5.68. The van der Waals surface area contributed by atoms with Crippen LogP contribution in [0.3, 0.4) is 0 Å². The van der Waals surface area contributed by atoms with E-state index >= 15 is 0 Å². The third-order valence-corrected chi connectivity index (χ3v) is 4.83. The monoisotopic (exact) mass is 376 g/mol. The number of rotatable bonds is 5. The second kappa shape index (κ2) is 8.17. The molecule has 3 aromatic rings. The number of ether oxygens (including phenoxy) is 1. The summed E-state index contributed by atoms with van der Waals surface area (Å²) in [5, 5.41) is 11.2.